The Morgan fingerprint density at radius 3 is 1.87 bits per heavy atom. The smallest absolute Gasteiger partial charge is 0.231 e. The normalized spacial score (nSPS) is 17.9. The molecule has 4 heteroatoms. The molecule has 0 spiro atoms. The molecule has 0 aromatic heterocycles. The van der Waals surface area contributed by atoms with Crippen LogP contribution in [0.4, 0.5) is 0 Å². The molecule has 0 N–H and O–H groups in total. The molecule has 1 aliphatic carbocycles. The first-order valence-corrected chi connectivity index (χ1v) is 15.8. The highest BCUT2D eigenvalue weighted by molar-refractivity contribution is 7.67. The molecule has 2 aliphatic rings. The zero-order valence-electron chi connectivity index (χ0n) is 23.5. The number of benzene rings is 3. The summed E-state index contributed by atoms with van der Waals surface area (Å²) in [6.45, 7) is 9.98. The van der Waals surface area contributed by atoms with Crippen LogP contribution in [-0.2, 0) is 4.79 Å². The lowest BCUT2D eigenvalue weighted by molar-refractivity contribution is -0.132. The van der Waals surface area contributed by atoms with Crippen LogP contribution in [0.1, 0.15) is 77.0 Å². The molecule has 1 heterocycles. The number of amides is 1. The maximum atomic E-state index is 13.8. The number of nitrogens with zero attached hydrogens (tertiary/aromatic N) is 2. The summed E-state index contributed by atoms with van der Waals surface area (Å²) < 4.78 is 0. The van der Waals surface area contributed by atoms with Gasteiger partial charge in [0.05, 0.1) is 12.6 Å². The van der Waals surface area contributed by atoms with Gasteiger partial charge in [-0.25, -0.2) is 0 Å². The molecule has 3 nitrogen and oxygen atoms in total. The van der Waals surface area contributed by atoms with Crippen LogP contribution in [0.5, 0.6) is 0 Å². The molecule has 5 rings (SSSR count). The van der Waals surface area contributed by atoms with E-state index in [1.807, 2.05) is 47.4 Å². The average molecular weight is 527 g/mol. The van der Waals surface area contributed by atoms with E-state index in [0.29, 0.717) is 17.9 Å². The summed E-state index contributed by atoms with van der Waals surface area (Å²) in [7, 11) is -0.351. The standard InChI is InChI=1S/C28H37N2OP.C6H6/c1-20(2)32(21(3)4)26-18-12-11-17-24(26)27-29-25(22-13-7-5-8-14-22)19-30(27)28(31)23-15-9-6-10-16-23;1-2-4-6-5-3-1/h5,7-8,11-14,17-18,20-21,23,25H,6,9-10,15-16,19H2,1-4H3;1-6H. The van der Waals surface area contributed by atoms with E-state index < -0.39 is 0 Å². The maximum absolute atomic E-state index is 13.8. The van der Waals surface area contributed by atoms with Crippen LogP contribution in [0.2, 0.25) is 0 Å². The number of hydrogen-bond acceptors (Lipinski definition) is 2. The van der Waals surface area contributed by atoms with Crippen LogP contribution in [0.25, 0.3) is 0 Å². The number of hydrogen-bond donors (Lipinski definition) is 0. The van der Waals surface area contributed by atoms with Crippen molar-refractivity contribution in [3.05, 3.63) is 102 Å². The van der Waals surface area contributed by atoms with Gasteiger partial charge in [0, 0.05) is 11.5 Å². The van der Waals surface area contributed by atoms with Gasteiger partial charge in [0.1, 0.15) is 5.84 Å². The lowest BCUT2D eigenvalue weighted by Gasteiger charge is -2.31. The van der Waals surface area contributed by atoms with Gasteiger partial charge in [0.25, 0.3) is 0 Å². The fourth-order valence-corrected chi connectivity index (χ4v) is 8.79. The molecule has 0 radical (unpaired) electrons. The Morgan fingerprint density at radius 2 is 1.29 bits per heavy atom. The van der Waals surface area contributed by atoms with Crippen LogP contribution in [0, 0.1) is 5.92 Å². The van der Waals surface area contributed by atoms with Crippen LogP contribution in [0.3, 0.4) is 0 Å². The minimum atomic E-state index is -0.351. The third-order valence-electron chi connectivity index (χ3n) is 7.50. The van der Waals surface area contributed by atoms with E-state index in [2.05, 4.69) is 76.2 Å². The number of carbonyl (C=O) groups is 1. The van der Waals surface area contributed by atoms with Gasteiger partial charge in [-0.1, -0.05) is 146 Å². The van der Waals surface area contributed by atoms with Gasteiger partial charge >= 0.3 is 0 Å². The van der Waals surface area contributed by atoms with Crippen molar-refractivity contribution in [3.63, 3.8) is 0 Å². The lowest BCUT2D eigenvalue weighted by Crippen LogP contribution is -2.41. The first-order valence-electron chi connectivity index (χ1n) is 14.3. The third kappa shape index (κ3) is 7.00. The highest BCUT2D eigenvalue weighted by atomic mass is 31.1. The van der Waals surface area contributed by atoms with Crippen LogP contribution in [-0.4, -0.2) is 34.5 Å². The summed E-state index contributed by atoms with van der Waals surface area (Å²) >= 11 is 0. The second-order valence-electron chi connectivity index (χ2n) is 10.9. The molecule has 0 saturated heterocycles. The van der Waals surface area contributed by atoms with Crippen LogP contribution >= 0.6 is 7.92 Å². The minimum absolute atomic E-state index is 0.0103. The lowest BCUT2D eigenvalue weighted by atomic mass is 9.88. The summed E-state index contributed by atoms with van der Waals surface area (Å²) in [5.74, 6) is 1.33. The van der Waals surface area contributed by atoms with Crippen molar-refractivity contribution in [1.82, 2.24) is 4.90 Å². The van der Waals surface area contributed by atoms with Gasteiger partial charge in [-0.2, -0.15) is 0 Å². The van der Waals surface area contributed by atoms with E-state index in [-0.39, 0.29) is 25.8 Å². The number of aliphatic imine (C=N–C) groups is 1. The molecule has 0 bridgehead atoms. The Kier molecular flexibility index (Phi) is 10.3. The van der Waals surface area contributed by atoms with E-state index in [0.717, 1.165) is 18.7 Å². The molecule has 1 saturated carbocycles. The van der Waals surface area contributed by atoms with Crippen molar-refractivity contribution in [3.8, 4) is 0 Å². The molecule has 1 atom stereocenters. The second-order valence-corrected chi connectivity index (χ2v) is 14.3. The Balaban J connectivity index is 0.000000494. The molecule has 1 unspecified atom stereocenters. The molecule has 3 aromatic rings. The predicted molar refractivity (Wildman–Crippen MR) is 164 cm³/mol. The average Bonchev–Trinajstić information content (AvgIpc) is 3.40. The molecule has 1 aliphatic heterocycles. The molecule has 1 fully saturated rings. The first kappa shape index (κ1) is 28.2. The van der Waals surface area contributed by atoms with Crippen LogP contribution in [0.15, 0.2) is 96.0 Å². The zero-order chi connectivity index (χ0) is 26.9. The number of rotatable bonds is 6. The molecule has 1 amide bonds. The van der Waals surface area contributed by atoms with Gasteiger partial charge in [-0.05, 0) is 35.0 Å². The Labute approximate surface area is 231 Å². The highest BCUT2D eigenvalue weighted by Crippen LogP contribution is 2.46. The Morgan fingerprint density at radius 1 is 0.763 bits per heavy atom. The van der Waals surface area contributed by atoms with Crippen molar-refractivity contribution in [2.45, 2.75) is 77.2 Å². The van der Waals surface area contributed by atoms with Crippen LogP contribution < -0.4 is 5.30 Å². The molecule has 200 valence electrons. The topological polar surface area (TPSA) is 32.7 Å². The Hall–Kier alpha value is -2.77. The van der Waals surface area contributed by atoms with E-state index >= 15 is 0 Å². The van der Waals surface area contributed by atoms with E-state index in [9.17, 15) is 4.79 Å². The summed E-state index contributed by atoms with van der Waals surface area (Å²) in [6, 6.07) is 31.2. The maximum Gasteiger partial charge on any atom is 0.231 e. The van der Waals surface area contributed by atoms with E-state index in [1.54, 1.807) is 0 Å². The largest absolute Gasteiger partial charge is 0.294 e. The molecule has 38 heavy (non-hydrogen) atoms. The Bertz CT molecular complexity index is 1130. The highest BCUT2D eigenvalue weighted by Gasteiger charge is 2.37. The van der Waals surface area contributed by atoms with Gasteiger partial charge in [-0.3, -0.25) is 14.7 Å². The fraction of sp³-hybridized carbons (Fsp3) is 0.412. The van der Waals surface area contributed by atoms with Gasteiger partial charge < -0.3 is 0 Å². The van der Waals surface area contributed by atoms with Gasteiger partial charge in [0.2, 0.25) is 5.91 Å². The van der Waals surface area contributed by atoms with Crippen molar-refractivity contribution in [1.29, 1.82) is 0 Å². The summed E-state index contributed by atoms with van der Waals surface area (Å²) in [5, 5.41) is 1.39. The van der Waals surface area contributed by atoms with Crippen molar-refractivity contribution in [2.24, 2.45) is 10.9 Å². The number of carbonyl (C=O) groups excluding carboxylic acids is 1. The van der Waals surface area contributed by atoms with Gasteiger partial charge in [-0.15, -0.1) is 0 Å². The quantitative estimate of drug-likeness (QED) is 0.298. The first-order chi connectivity index (χ1) is 18.5. The zero-order valence-corrected chi connectivity index (χ0v) is 24.4. The van der Waals surface area contributed by atoms with Crippen molar-refractivity contribution < 1.29 is 4.79 Å². The number of amidine groups is 1. The summed E-state index contributed by atoms with van der Waals surface area (Å²) in [6.07, 6.45) is 5.63. The van der Waals surface area contributed by atoms with E-state index in [4.69, 9.17) is 4.99 Å². The molecular weight excluding hydrogens is 483 g/mol. The van der Waals surface area contributed by atoms with E-state index in [1.165, 1.54) is 35.7 Å². The second kappa shape index (κ2) is 13.9. The van der Waals surface area contributed by atoms with Crippen molar-refractivity contribution in [2.75, 3.05) is 6.54 Å². The monoisotopic (exact) mass is 526 g/mol. The van der Waals surface area contributed by atoms with Gasteiger partial charge in [0.15, 0.2) is 0 Å². The minimum Gasteiger partial charge on any atom is -0.294 e. The molecule has 3 aromatic carbocycles. The summed E-state index contributed by atoms with van der Waals surface area (Å²) in [5.41, 5.74) is 3.53. The predicted octanol–water partition coefficient (Wildman–Crippen LogP) is 8.21. The summed E-state index contributed by atoms with van der Waals surface area (Å²) in [4.78, 5) is 21.0. The SMILES string of the molecule is CC(C)P(c1ccccc1C1=NC(c2ccccc2)CN1C(=O)C1CCCCC1)C(C)C.c1ccccc1. The van der Waals surface area contributed by atoms with Crippen molar-refractivity contribution >= 4 is 25.0 Å². The molecular formula is C34H43N2OP. The fourth-order valence-electron chi connectivity index (χ4n) is 5.78. The third-order valence-corrected chi connectivity index (χ3v) is 10.7.